The van der Waals surface area contributed by atoms with Crippen LogP contribution < -0.4 is 5.32 Å². The molecule has 2 aromatic carbocycles. The Kier molecular flexibility index (Phi) is 15.3. The molecule has 2 unspecified atom stereocenters. The third-order valence-corrected chi connectivity index (χ3v) is 7.93. The zero-order valence-corrected chi connectivity index (χ0v) is 23.8. The van der Waals surface area contributed by atoms with E-state index in [1.807, 2.05) is 18.2 Å². The molecule has 2 aromatic rings. The molecule has 0 spiro atoms. The lowest BCUT2D eigenvalue weighted by Crippen LogP contribution is -2.17. The molecule has 0 radical (unpaired) electrons. The molecular weight excluding hydrogens is 514 g/mol. The first-order valence-electron chi connectivity index (χ1n) is 14.1. The Morgan fingerprint density at radius 2 is 1.49 bits per heavy atom. The van der Waals surface area contributed by atoms with Gasteiger partial charge < -0.3 is 20.6 Å². The molecule has 0 bridgehead atoms. The Hall–Kier alpha value is -2.84. The SMILES string of the molecule is CCCCCCCCCc1ccc(C(Sc2cccc(NC(=O)CCC(=O)O)c2)C(O)CCCC(=O)O)cc1. The fourth-order valence-corrected chi connectivity index (χ4v) is 5.61. The number of aryl methyl sites for hydroxylation is 1. The molecule has 0 fully saturated rings. The van der Waals surface area contributed by atoms with E-state index in [0.29, 0.717) is 18.5 Å². The molecule has 214 valence electrons. The van der Waals surface area contributed by atoms with Gasteiger partial charge in [0.1, 0.15) is 0 Å². The lowest BCUT2D eigenvalue weighted by atomic mass is 9.99. The molecule has 0 aliphatic heterocycles. The maximum Gasteiger partial charge on any atom is 0.303 e. The number of aliphatic hydroxyl groups is 1. The number of aliphatic hydroxyl groups excluding tert-OH is 1. The number of anilines is 1. The van der Waals surface area contributed by atoms with Gasteiger partial charge in [-0.05, 0) is 55.0 Å². The van der Waals surface area contributed by atoms with Crippen LogP contribution >= 0.6 is 11.8 Å². The minimum Gasteiger partial charge on any atom is -0.481 e. The summed E-state index contributed by atoms with van der Waals surface area (Å²) in [6.07, 6.45) is 9.53. The number of nitrogens with one attached hydrogen (secondary N) is 1. The maximum atomic E-state index is 12.1. The van der Waals surface area contributed by atoms with Crippen LogP contribution in [0.4, 0.5) is 5.69 Å². The van der Waals surface area contributed by atoms with Crippen LogP contribution in [0.5, 0.6) is 0 Å². The van der Waals surface area contributed by atoms with Crippen molar-refractivity contribution >= 4 is 35.3 Å². The second-order valence-corrected chi connectivity index (χ2v) is 11.2. The van der Waals surface area contributed by atoms with Gasteiger partial charge in [-0.1, -0.05) is 75.8 Å². The van der Waals surface area contributed by atoms with Crippen molar-refractivity contribution in [3.05, 3.63) is 59.7 Å². The minimum atomic E-state index is -1.03. The molecule has 39 heavy (non-hydrogen) atoms. The molecule has 1 amide bonds. The van der Waals surface area contributed by atoms with E-state index < -0.39 is 18.0 Å². The van der Waals surface area contributed by atoms with Crippen LogP contribution in [0, 0.1) is 0 Å². The summed E-state index contributed by atoms with van der Waals surface area (Å²) in [6, 6.07) is 15.6. The van der Waals surface area contributed by atoms with E-state index in [1.165, 1.54) is 55.9 Å². The third kappa shape index (κ3) is 13.7. The number of carbonyl (C=O) groups excluding carboxylic acids is 1. The van der Waals surface area contributed by atoms with Gasteiger partial charge in [0.05, 0.1) is 17.8 Å². The second-order valence-electron chi connectivity index (χ2n) is 9.97. The number of amides is 1. The smallest absolute Gasteiger partial charge is 0.303 e. The number of unbranched alkanes of at least 4 members (excludes halogenated alkanes) is 6. The van der Waals surface area contributed by atoms with Crippen molar-refractivity contribution < 1.29 is 29.7 Å². The molecule has 0 saturated carbocycles. The number of hydrogen-bond acceptors (Lipinski definition) is 5. The van der Waals surface area contributed by atoms with Gasteiger partial charge in [0.25, 0.3) is 0 Å². The summed E-state index contributed by atoms with van der Waals surface area (Å²) in [6.45, 7) is 2.23. The van der Waals surface area contributed by atoms with E-state index in [2.05, 4.69) is 24.4 Å². The Bertz CT molecular complexity index is 1030. The highest BCUT2D eigenvalue weighted by atomic mass is 32.2. The zero-order valence-electron chi connectivity index (χ0n) is 22.9. The quantitative estimate of drug-likeness (QED) is 0.1000. The van der Waals surface area contributed by atoms with Gasteiger partial charge >= 0.3 is 11.9 Å². The summed E-state index contributed by atoms with van der Waals surface area (Å²) in [5, 5.41) is 31.3. The summed E-state index contributed by atoms with van der Waals surface area (Å²) < 4.78 is 0. The van der Waals surface area contributed by atoms with Crippen molar-refractivity contribution in [1.82, 2.24) is 0 Å². The van der Waals surface area contributed by atoms with E-state index >= 15 is 0 Å². The van der Waals surface area contributed by atoms with Crippen molar-refractivity contribution in [3.63, 3.8) is 0 Å². The average Bonchev–Trinajstić information content (AvgIpc) is 2.90. The predicted octanol–water partition coefficient (Wildman–Crippen LogP) is 7.23. The van der Waals surface area contributed by atoms with E-state index in [4.69, 9.17) is 10.2 Å². The Balaban J connectivity index is 2.05. The number of carboxylic acid groups (broad SMARTS) is 2. The van der Waals surface area contributed by atoms with Gasteiger partial charge in [-0.2, -0.15) is 0 Å². The van der Waals surface area contributed by atoms with Gasteiger partial charge in [0.2, 0.25) is 5.91 Å². The third-order valence-electron chi connectivity index (χ3n) is 6.56. The number of thioether (sulfide) groups is 1. The maximum absolute atomic E-state index is 12.1. The predicted molar refractivity (Wildman–Crippen MR) is 156 cm³/mol. The average molecular weight is 558 g/mol. The molecule has 0 aliphatic rings. The first kappa shape index (κ1) is 32.4. The summed E-state index contributed by atoms with van der Waals surface area (Å²) in [7, 11) is 0. The number of aliphatic carboxylic acids is 2. The van der Waals surface area contributed by atoms with E-state index in [0.717, 1.165) is 23.3 Å². The highest BCUT2D eigenvalue weighted by Crippen LogP contribution is 2.40. The Morgan fingerprint density at radius 1 is 0.821 bits per heavy atom. The molecule has 0 heterocycles. The van der Waals surface area contributed by atoms with Crippen LogP contribution in [0.3, 0.4) is 0 Å². The van der Waals surface area contributed by atoms with Crippen molar-refractivity contribution in [2.75, 3.05) is 5.32 Å². The fourth-order valence-electron chi connectivity index (χ4n) is 4.38. The highest BCUT2D eigenvalue weighted by Gasteiger charge is 2.23. The largest absolute Gasteiger partial charge is 0.481 e. The zero-order chi connectivity index (χ0) is 28.5. The molecule has 2 atom stereocenters. The monoisotopic (exact) mass is 557 g/mol. The van der Waals surface area contributed by atoms with Gasteiger partial charge in [0.15, 0.2) is 0 Å². The Labute approximate surface area is 236 Å². The van der Waals surface area contributed by atoms with Gasteiger partial charge in [0, 0.05) is 23.4 Å². The van der Waals surface area contributed by atoms with E-state index in [-0.39, 0.29) is 30.4 Å². The lowest BCUT2D eigenvalue weighted by Gasteiger charge is -2.23. The summed E-state index contributed by atoms with van der Waals surface area (Å²) in [5.74, 6) is -2.28. The normalized spacial score (nSPS) is 12.6. The van der Waals surface area contributed by atoms with Crippen LogP contribution in [-0.4, -0.2) is 39.3 Å². The first-order chi connectivity index (χ1) is 18.8. The molecular formula is C31H43NO6S. The molecule has 0 aromatic heterocycles. The van der Waals surface area contributed by atoms with Crippen LogP contribution in [-0.2, 0) is 20.8 Å². The van der Waals surface area contributed by atoms with E-state index in [9.17, 15) is 19.5 Å². The first-order valence-corrected chi connectivity index (χ1v) is 14.9. The number of rotatable bonds is 20. The van der Waals surface area contributed by atoms with Crippen molar-refractivity contribution in [1.29, 1.82) is 0 Å². The van der Waals surface area contributed by atoms with Gasteiger partial charge in [-0.15, -0.1) is 11.8 Å². The minimum absolute atomic E-state index is 0.00366. The topological polar surface area (TPSA) is 124 Å². The summed E-state index contributed by atoms with van der Waals surface area (Å²) in [5.41, 5.74) is 2.78. The number of carboxylic acids is 2. The molecule has 7 nitrogen and oxygen atoms in total. The molecule has 2 rings (SSSR count). The molecule has 0 aliphatic carbocycles. The molecule has 0 saturated heterocycles. The number of carbonyl (C=O) groups is 3. The van der Waals surface area contributed by atoms with Crippen LogP contribution in [0.15, 0.2) is 53.4 Å². The van der Waals surface area contributed by atoms with Crippen molar-refractivity contribution in [2.24, 2.45) is 0 Å². The van der Waals surface area contributed by atoms with Crippen molar-refractivity contribution in [3.8, 4) is 0 Å². The second kappa shape index (κ2) is 18.4. The highest BCUT2D eigenvalue weighted by molar-refractivity contribution is 7.99. The lowest BCUT2D eigenvalue weighted by molar-refractivity contribution is -0.138. The van der Waals surface area contributed by atoms with Crippen molar-refractivity contribution in [2.45, 2.75) is 107 Å². The van der Waals surface area contributed by atoms with Crippen LogP contribution in [0.1, 0.15) is 100 Å². The number of benzene rings is 2. The number of hydrogen-bond donors (Lipinski definition) is 4. The molecule has 8 heteroatoms. The molecule has 4 N–H and O–H groups in total. The Morgan fingerprint density at radius 3 is 2.15 bits per heavy atom. The van der Waals surface area contributed by atoms with Gasteiger partial charge in [-0.3, -0.25) is 14.4 Å². The van der Waals surface area contributed by atoms with Crippen LogP contribution in [0.2, 0.25) is 0 Å². The van der Waals surface area contributed by atoms with E-state index in [1.54, 1.807) is 18.2 Å². The fraction of sp³-hybridized carbons (Fsp3) is 0.516. The van der Waals surface area contributed by atoms with Gasteiger partial charge in [-0.25, -0.2) is 0 Å². The van der Waals surface area contributed by atoms with Crippen LogP contribution in [0.25, 0.3) is 0 Å². The standard InChI is InChI=1S/C31H43NO6S/c1-2-3-4-5-6-7-8-11-23-16-18-24(19-17-23)31(27(33)14-10-15-29(35)36)39-26-13-9-12-25(22-26)32-28(34)20-21-30(37)38/h9,12-13,16-19,22,27,31,33H,2-8,10-11,14-15,20-21H2,1H3,(H,32,34)(H,35,36)(H,37,38). The summed E-state index contributed by atoms with van der Waals surface area (Å²) >= 11 is 1.46. The summed E-state index contributed by atoms with van der Waals surface area (Å²) in [4.78, 5) is 34.6.